The summed E-state index contributed by atoms with van der Waals surface area (Å²) in [4.78, 5) is 12.9. The Kier molecular flexibility index (Phi) is 5.34. The molecule has 1 aliphatic heterocycles. The van der Waals surface area contributed by atoms with E-state index in [0.717, 1.165) is 19.6 Å². The molecule has 1 heterocycles. The molecule has 1 atom stereocenters. The van der Waals surface area contributed by atoms with Gasteiger partial charge in [0.25, 0.3) is 5.69 Å². The standard InChI is InChI=1S/C14H20ClN3O2/c1-17-6-2-3-11(10-17)8-16-9-12-7-13(15)4-5-14(12)18(19)20/h4-5,7,11,16H,2-3,6,8-10H2,1H3. The number of hydrogen-bond donors (Lipinski definition) is 1. The molecular weight excluding hydrogens is 278 g/mol. The van der Waals surface area contributed by atoms with Crippen LogP contribution in [0.1, 0.15) is 18.4 Å². The maximum atomic E-state index is 11.0. The Hall–Kier alpha value is -1.17. The molecule has 6 heteroatoms. The molecule has 1 fully saturated rings. The van der Waals surface area contributed by atoms with E-state index in [9.17, 15) is 10.1 Å². The van der Waals surface area contributed by atoms with Crippen molar-refractivity contribution in [2.45, 2.75) is 19.4 Å². The summed E-state index contributed by atoms with van der Waals surface area (Å²) in [5, 5.41) is 14.8. The zero-order chi connectivity index (χ0) is 14.5. The van der Waals surface area contributed by atoms with Crippen molar-refractivity contribution < 1.29 is 4.92 Å². The molecular formula is C14H20ClN3O2. The summed E-state index contributed by atoms with van der Waals surface area (Å²) >= 11 is 5.91. The maximum Gasteiger partial charge on any atom is 0.273 e. The van der Waals surface area contributed by atoms with Gasteiger partial charge in [-0.05, 0) is 51.0 Å². The summed E-state index contributed by atoms with van der Waals surface area (Å²) in [6, 6.07) is 4.69. The highest BCUT2D eigenvalue weighted by Gasteiger charge is 2.18. The van der Waals surface area contributed by atoms with E-state index in [1.165, 1.54) is 18.9 Å². The second-order valence-electron chi connectivity index (χ2n) is 5.43. The predicted molar refractivity (Wildman–Crippen MR) is 80.0 cm³/mol. The SMILES string of the molecule is CN1CCCC(CNCc2cc(Cl)ccc2[N+](=O)[O-])C1. The number of nitrogens with zero attached hydrogens (tertiary/aromatic N) is 2. The van der Waals surface area contributed by atoms with Crippen molar-refractivity contribution in [2.24, 2.45) is 5.92 Å². The van der Waals surface area contributed by atoms with E-state index in [4.69, 9.17) is 11.6 Å². The predicted octanol–water partition coefficient (Wildman–Crippen LogP) is 2.68. The Morgan fingerprint density at radius 1 is 1.55 bits per heavy atom. The number of nitro groups is 1. The summed E-state index contributed by atoms with van der Waals surface area (Å²) in [5.41, 5.74) is 0.773. The van der Waals surface area contributed by atoms with E-state index >= 15 is 0 Å². The van der Waals surface area contributed by atoms with Gasteiger partial charge in [-0.15, -0.1) is 0 Å². The Morgan fingerprint density at radius 3 is 3.05 bits per heavy atom. The zero-order valence-corrected chi connectivity index (χ0v) is 12.4. The van der Waals surface area contributed by atoms with Crippen molar-refractivity contribution in [3.05, 3.63) is 38.9 Å². The van der Waals surface area contributed by atoms with E-state index in [2.05, 4.69) is 17.3 Å². The van der Waals surface area contributed by atoms with Crippen LogP contribution in [0.2, 0.25) is 5.02 Å². The van der Waals surface area contributed by atoms with Crippen LogP contribution in [0.4, 0.5) is 5.69 Å². The van der Waals surface area contributed by atoms with E-state index in [1.54, 1.807) is 12.1 Å². The van der Waals surface area contributed by atoms with Crippen molar-refractivity contribution in [3.8, 4) is 0 Å². The Bertz CT molecular complexity index is 481. The van der Waals surface area contributed by atoms with Gasteiger partial charge in [-0.2, -0.15) is 0 Å². The van der Waals surface area contributed by atoms with E-state index in [-0.39, 0.29) is 10.6 Å². The van der Waals surface area contributed by atoms with Crippen LogP contribution in [-0.4, -0.2) is 36.5 Å². The summed E-state index contributed by atoms with van der Waals surface area (Å²) in [5.74, 6) is 0.618. The van der Waals surface area contributed by atoms with Crippen LogP contribution >= 0.6 is 11.6 Å². The van der Waals surface area contributed by atoms with Gasteiger partial charge in [0.05, 0.1) is 4.92 Å². The van der Waals surface area contributed by atoms with Gasteiger partial charge in [0.1, 0.15) is 0 Å². The highest BCUT2D eigenvalue weighted by atomic mass is 35.5. The number of hydrogen-bond acceptors (Lipinski definition) is 4. The fraction of sp³-hybridized carbons (Fsp3) is 0.571. The van der Waals surface area contributed by atoms with Crippen LogP contribution in [0.3, 0.4) is 0 Å². The molecule has 1 saturated heterocycles. The molecule has 1 aliphatic rings. The summed E-state index contributed by atoms with van der Waals surface area (Å²) in [7, 11) is 2.13. The lowest BCUT2D eigenvalue weighted by molar-refractivity contribution is -0.385. The Labute approximate surface area is 124 Å². The monoisotopic (exact) mass is 297 g/mol. The van der Waals surface area contributed by atoms with Gasteiger partial charge in [0.15, 0.2) is 0 Å². The number of rotatable bonds is 5. The molecule has 0 saturated carbocycles. The first kappa shape index (κ1) is 15.2. The van der Waals surface area contributed by atoms with Gasteiger partial charge in [-0.3, -0.25) is 10.1 Å². The molecule has 1 aromatic rings. The first-order valence-corrected chi connectivity index (χ1v) is 7.26. The lowest BCUT2D eigenvalue weighted by atomic mass is 9.98. The Morgan fingerprint density at radius 2 is 2.35 bits per heavy atom. The second-order valence-corrected chi connectivity index (χ2v) is 5.87. The van der Waals surface area contributed by atoms with Gasteiger partial charge >= 0.3 is 0 Å². The fourth-order valence-corrected chi connectivity index (χ4v) is 2.92. The van der Waals surface area contributed by atoms with Crippen molar-refractivity contribution in [2.75, 3.05) is 26.7 Å². The molecule has 0 aromatic heterocycles. The molecule has 2 rings (SSSR count). The largest absolute Gasteiger partial charge is 0.312 e. The first-order chi connectivity index (χ1) is 9.56. The minimum Gasteiger partial charge on any atom is -0.312 e. The molecule has 20 heavy (non-hydrogen) atoms. The molecule has 0 aliphatic carbocycles. The third kappa shape index (κ3) is 4.16. The third-order valence-electron chi connectivity index (χ3n) is 3.71. The number of nitro benzene ring substituents is 1. The van der Waals surface area contributed by atoms with Gasteiger partial charge in [-0.1, -0.05) is 11.6 Å². The maximum absolute atomic E-state index is 11.0. The molecule has 0 amide bonds. The number of benzene rings is 1. The van der Waals surface area contributed by atoms with Crippen LogP contribution in [0, 0.1) is 16.0 Å². The lowest BCUT2D eigenvalue weighted by Crippen LogP contribution is -2.37. The molecule has 0 spiro atoms. The summed E-state index contributed by atoms with van der Waals surface area (Å²) in [6.45, 7) is 3.62. The zero-order valence-electron chi connectivity index (χ0n) is 11.6. The van der Waals surface area contributed by atoms with Crippen LogP contribution in [0.15, 0.2) is 18.2 Å². The number of likely N-dealkylation sites (tertiary alicyclic amines) is 1. The highest BCUT2D eigenvalue weighted by molar-refractivity contribution is 6.30. The van der Waals surface area contributed by atoms with Gasteiger partial charge < -0.3 is 10.2 Å². The smallest absolute Gasteiger partial charge is 0.273 e. The average Bonchev–Trinajstić information content (AvgIpc) is 2.38. The van der Waals surface area contributed by atoms with Gasteiger partial charge in [0.2, 0.25) is 0 Å². The molecule has 110 valence electrons. The molecule has 1 unspecified atom stereocenters. The number of nitrogens with one attached hydrogen (secondary N) is 1. The summed E-state index contributed by atoms with van der Waals surface area (Å²) < 4.78 is 0. The van der Waals surface area contributed by atoms with E-state index in [1.807, 2.05) is 0 Å². The molecule has 0 bridgehead atoms. The Balaban J connectivity index is 1.90. The average molecular weight is 298 g/mol. The normalized spacial score (nSPS) is 20.0. The molecule has 5 nitrogen and oxygen atoms in total. The van der Waals surface area contributed by atoms with Crippen molar-refractivity contribution in [3.63, 3.8) is 0 Å². The second kappa shape index (κ2) is 7.02. The van der Waals surface area contributed by atoms with Gasteiger partial charge in [-0.25, -0.2) is 0 Å². The van der Waals surface area contributed by atoms with Crippen LogP contribution in [0.25, 0.3) is 0 Å². The minimum atomic E-state index is -0.359. The van der Waals surface area contributed by atoms with Crippen molar-refractivity contribution in [1.29, 1.82) is 0 Å². The number of piperidine rings is 1. The fourth-order valence-electron chi connectivity index (χ4n) is 2.72. The highest BCUT2D eigenvalue weighted by Crippen LogP contribution is 2.22. The van der Waals surface area contributed by atoms with Crippen LogP contribution < -0.4 is 5.32 Å². The quantitative estimate of drug-likeness (QED) is 0.670. The van der Waals surface area contributed by atoms with Gasteiger partial charge in [0, 0.05) is 29.7 Å². The van der Waals surface area contributed by atoms with Crippen molar-refractivity contribution >= 4 is 17.3 Å². The number of halogens is 1. The molecule has 1 aromatic carbocycles. The lowest BCUT2D eigenvalue weighted by Gasteiger charge is -2.29. The topological polar surface area (TPSA) is 58.4 Å². The molecule has 1 N–H and O–H groups in total. The third-order valence-corrected chi connectivity index (χ3v) is 3.94. The minimum absolute atomic E-state index is 0.127. The van der Waals surface area contributed by atoms with E-state index < -0.39 is 0 Å². The van der Waals surface area contributed by atoms with Crippen molar-refractivity contribution in [1.82, 2.24) is 10.2 Å². The first-order valence-electron chi connectivity index (χ1n) is 6.88. The van der Waals surface area contributed by atoms with Crippen LogP contribution in [-0.2, 0) is 6.54 Å². The van der Waals surface area contributed by atoms with Crippen LogP contribution in [0.5, 0.6) is 0 Å². The summed E-state index contributed by atoms with van der Waals surface area (Å²) in [6.07, 6.45) is 2.44. The van der Waals surface area contributed by atoms with E-state index in [0.29, 0.717) is 23.0 Å². The molecule has 0 radical (unpaired) electrons.